The van der Waals surface area contributed by atoms with Gasteiger partial charge in [-0.25, -0.2) is 0 Å². The van der Waals surface area contributed by atoms with Crippen molar-refractivity contribution in [2.75, 3.05) is 0 Å². The molecule has 1 fully saturated rings. The maximum atomic E-state index is 11.9. The van der Waals surface area contributed by atoms with Crippen LogP contribution < -0.4 is 0 Å². The zero-order valence-corrected chi connectivity index (χ0v) is 5.69. The Labute approximate surface area is 65.2 Å². The molecule has 0 aliphatic carbocycles. The number of alkyl halides is 3. The fraction of sp³-hybridized carbons (Fsp3) is 1.00. The maximum absolute atomic E-state index is 11.9. The van der Waals surface area contributed by atoms with Crippen molar-refractivity contribution in [3.05, 3.63) is 0 Å². The van der Waals surface area contributed by atoms with Crippen LogP contribution in [0.15, 0.2) is 0 Å². The lowest BCUT2D eigenvalue weighted by atomic mass is 10.1. The van der Waals surface area contributed by atoms with Gasteiger partial charge < -0.3 is 20.1 Å². The molecule has 0 spiro atoms. The first-order valence-electron chi connectivity index (χ1n) is 3.10. The second kappa shape index (κ2) is 2.84. The molecule has 1 saturated heterocycles. The minimum absolute atomic E-state index is 1.91. The van der Waals surface area contributed by atoms with E-state index in [1.54, 1.807) is 0 Å². The fourth-order valence-corrected chi connectivity index (χ4v) is 0.930. The van der Waals surface area contributed by atoms with Crippen LogP contribution in [0, 0.1) is 0 Å². The molecule has 0 aromatic heterocycles. The Hall–Kier alpha value is -0.370. The number of rotatable bonds is 0. The van der Waals surface area contributed by atoms with Gasteiger partial charge in [-0.1, -0.05) is 0 Å². The minimum atomic E-state index is -4.78. The number of aliphatic hydroxyl groups excluding tert-OH is 3. The quantitative estimate of drug-likeness (QED) is 0.455. The van der Waals surface area contributed by atoms with Crippen LogP contribution in [-0.2, 0) is 4.74 Å². The molecule has 12 heavy (non-hydrogen) atoms. The van der Waals surface area contributed by atoms with E-state index in [9.17, 15) is 13.2 Å². The highest BCUT2D eigenvalue weighted by molar-refractivity contribution is 4.89. The molecule has 4 atom stereocenters. The molecule has 0 saturated carbocycles. The van der Waals surface area contributed by atoms with Gasteiger partial charge in [0.15, 0.2) is 12.4 Å². The van der Waals surface area contributed by atoms with Gasteiger partial charge in [-0.3, -0.25) is 0 Å². The van der Waals surface area contributed by atoms with Crippen LogP contribution >= 0.6 is 0 Å². The molecular formula is C5H7F3O4. The summed E-state index contributed by atoms with van der Waals surface area (Å²) in [5.74, 6) is 0. The topological polar surface area (TPSA) is 69.9 Å². The van der Waals surface area contributed by atoms with E-state index in [0.717, 1.165) is 0 Å². The van der Waals surface area contributed by atoms with E-state index in [1.807, 2.05) is 0 Å². The van der Waals surface area contributed by atoms with Crippen molar-refractivity contribution in [1.82, 2.24) is 0 Å². The lowest BCUT2D eigenvalue weighted by molar-refractivity contribution is -0.248. The third-order valence-corrected chi connectivity index (χ3v) is 1.56. The van der Waals surface area contributed by atoms with Crippen molar-refractivity contribution in [2.45, 2.75) is 30.8 Å². The van der Waals surface area contributed by atoms with E-state index in [-0.39, 0.29) is 0 Å². The molecular weight excluding hydrogens is 181 g/mol. The van der Waals surface area contributed by atoms with Gasteiger partial charge in [0.2, 0.25) is 0 Å². The summed E-state index contributed by atoms with van der Waals surface area (Å²) >= 11 is 0. The Morgan fingerprint density at radius 2 is 1.50 bits per heavy atom. The molecule has 72 valence electrons. The van der Waals surface area contributed by atoms with E-state index in [2.05, 4.69) is 4.74 Å². The molecule has 0 amide bonds. The highest BCUT2D eigenvalue weighted by Crippen LogP contribution is 2.32. The second-order valence-electron chi connectivity index (χ2n) is 2.47. The van der Waals surface area contributed by atoms with Crippen molar-refractivity contribution in [3.8, 4) is 0 Å². The van der Waals surface area contributed by atoms with Gasteiger partial charge in [-0.2, -0.15) is 13.2 Å². The van der Waals surface area contributed by atoms with E-state index in [4.69, 9.17) is 15.3 Å². The van der Waals surface area contributed by atoms with E-state index >= 15 is 0 Å². The molecule has 0 bridgehead atoms. The van der Waals surface area contributed by atoms with Crippen LogP contribution in [0.25, 0.3) is 0 Å². The lowest BCUT2D eigenvalue weighted by Gasteiger charge is -2.16. The molecule has 7 heteroatoms. The number of hydrogen-bond donors (Lipinski definition) is 3. The number of aliphatic hydroxyl groups is 3. The molecule has 1 rings (SSSR count). The van der Waals surface area contributed by atoms with Gasteiger partial charge >= 0.3 is 6.18 Å². The maximum Gasteiger partial charge on any atom is 0.417 e. The molecule has 1 aliphatic rings. The van der Waals surface area contributed by atoms with Crippen LogP contribution in [0.5, 0.6) is 0 Å². The van der Waals surface area contributed by atoms with Gasteiger partial charge in [-0.05, 0) is 0 Å². The van der Waals surface area contributed by atoms with E-state index in [0.29, 0.717) is 0 Å². The zero-order chi connectivity index (χ0) is 9.52. The Morgan fingerprint density at radius 3 is 1.67 bits per heavy atom. The molecule has 4 nitrogen and oxygen atoms in total. The molecule has 3 N–H and O–H groups in total. The van der Waals surface area contributed by atoms with Crippen molar-refractivity contribution < 1.29 is 33.2 Å². The minimum Gasteiger partial charge on any atom is -0.387 e. The van der Waals surface area contributed by atoms with Crippen molar-refractivity contribution in [1.29, 1.82) is 0 Å². The second-order valence-corrected chi connectivity index (χ2v) is 2.47. The summed E-state index contributed by atoms with van der Waals surface area (Å²) in [5, 5.41) is 26.0. The van der Waals surface area contributed by atoms with Crippen LogP contribution in [0.3, 0.4) is 0 Å². The van der Waals surface area contributed by atoms with Gasteiger partial charge in [0.1, 0.15) is 12.2 Å². The average molecular weight is 188 g/mol. The smallest absolute Gasteiger partial charge is 0.387 e. The third kappa shape index (κ3) is 1.53. The lowest BCUT2D eigenvalue weighted by Crippen LogP contribution is -2.40. The normalized spacial score (nSPS) is 43.5. The first-order chi connectivity index (χ1) is 5.34. The van der Waals surface area contributed by atoms with Crippen LogP contribution in [-0.4, -0.2) is 46.1 Å². The van der Waals surface area contributed by atoms with E-state index < -0.39 is 30.8 Å². The standard InChI is InChI=1S/C5H7F3O4/c6-5(7,8)3-1(9)2(10)4(11)12-3/h1-4,9-11H/t1-,2+,3-,4+/m1/s1. The summed E-state index contributed by atoms with van der Waals surface area (Å²) < 4.78 is 39.4. The summed E-state index contributed by atoms with van der Waals surface area (Å²) in [4.78, 5) is 0. The van der Waals surface area contributed by atoms with Crippen LogP contribution in [0.1, 0.15) is 0 Å². The summed E-state index contributed by atoms with van der Waals surface area (Å²) in [6.07, 6.45) is -13.3. The molecule has 0 aromatic rings. The molecule has 1 aliphatic heterocycles. The summed E-state index contributed by atoms with van der Waals surface area (Å²) in [6.45, 7) is 0. The van der Waals surface area contributed by atoms with Crippen molar-refractivity contribution >= 4 is 0 Å². The van der Waals surface area contributed by atoms with Crippen molar-refractivity contribution in [2.24, 2.45) is 0 Å². The van der Waals surface area contributed by atoms with Crippen LogP contribution in [0.4, 0.5) is 13.2 Å². The van der Waals surface area contributed by atoms with Crippen LogP contribution in [0.2, 0.25) is 0 Å². The molecule has 0 unspecified atom stereocenters. The Kier molecular flexibility index (Phi) is 2.30. The number of ether oxygens (including phenoxy) is 1. The van der Waals surface area contributed by atoms with Gasteiger partial charge in [-0.15, -0.1) is 0 Å². The predicted octanol–water partition coefficient (Wildman–Crippen LogP) is -1.01. The van der Waals surface area contributed by atoms with Gasteiger partial charge in [0.25, 0.3) is 0 Å². The molecule has 0 aromatic carbocycles. The van der Waals surface area contributed by atoms with Gasteiger partial charge in [0.05, 0.1) is 0 Å². The Morgan fingerprint density at radius 1 is 1.00 bits per heavy atom. The number of halogens is 3. The van der Waals surface area contributed by atoms with E-state index in [1.165, 1.54) is 0 Å². The Bertz CT molecular complexity index is 171. The first kappa shape index (κ1) is 9.72. The largest absolute Gasteiger partial charge is 0.417 e. The molecule has 0 radical (unpaired) electrons. The average Bonchev–Trinajstić information content (AvgIpc) is 2.15. The first-order valence-corrected chi connectivity index (χ1v) is 3.10. The van der Waals surface area contributed by atoms with Crippen molar-refractivity contribution in [3.63, 3.8) is 0 Å². The summed E-state index contributed by atoms with van der Waals surface area (Å²) in [7, 11) is 0. The predicted molar refractivity (Wildman–Crippen MR) is 28.9 cm³/mol. The highest BCUT2D eigenvalue weighted by atomic mass is 19.4. The van der Waals surface area contributed by atoms with Gasteiger partial charge in [0, 0.05) is 0 Å². The zero-order valence-electron chi connectivity index (χ0n) is 5.69. The molecule has 1 heterocycles. The highest BCUT2D eigenvalue weighted by Gasteiger charge is 2.55. The third-order valence-electron chi connectivity index (χ3n) is 1.56. The summed E-state index contributed by atoms with van der Waals surface area (Å²) in [6, 6.07) is 0. The fourth-order valence-electron chi connectivity index (χ4n) is 0.930. The number of hydrogen-bond acceptors (Lipinski definition) is 4. The Balaban J connectivity index is 2.71. The monoisotopic (exact) mass is 188 g/mol. The SMILES string of the molecule is O[C@@H]1[C@H](O)[C@@H](O)O[C@H]1C(F)(F)F. The summed E-state index contributed by atoms with van der Waals surface area (Å²) in [5.41, 5.74) is 0.